The summed E-state index contributed by atoms with van der Waals surface area (Å²) in [5.41, 5.74) is 2.19. The molecule has 3 rings (SSSR count). The number of ketones is 2. The number of carbonyl (C=O) groups excluding carboxylic acids is 2. The summed E-state index contributed by atoms with van der Waals surface area (Å²) in [7, 11) is 0. The van der Waals surface area contributed by atoms with Gasteiger partial charge in [-0.25, -0.2) is 0 Å². The fourth-order valence-corrected chi connectivity index (χ4v) is 4.55. The standard InChI is InChI=1S/C24H37N3O2/c1-18(2)24(29)23-17-21(6-7-22(23)19(3)28)27-15-13-26(14-16-27)12-4-5-20-8-10-25-11-9-20/h6-7,17-18,20,25H,4-5,8-16H2,1-3H3. The third kappa shape index (κ3) is 5.89. The number of Topliss-reactive ketones (excluding diaryl/α,β-unsaturated/α-hetero) is 2. The first-order valence-electron chi connectivity index (χ1n) is 11.3. The van der Waals surface area contributed by atoms with Gasteiger partial charge in [0.15, 0.2) is 11.6 Å². The molecule has 5 nitrogen and oxygen atoms in total. The van der Waals surface area contributed by atoms with E-state index in [1.54, 1.807) is 0 Å². The summed E-state index contributed by atoms with van der Waals surface area (Å²) < 4.78 is 0. The quantitative estimate of drug-likeness (QED) is 0.677. The molecule has 29 heavy (non-hydrogen) atoms. The largest absolute Gasteiger partial charge is 0.369 e. The van der Waals surface area contributed by atoms with E-state index in [2.05, 4.69) is 15.1 Å². The summed E-state index contributed by atoms with van der Waals surface area (Å²) >= 11 is 0. The van der Waals surface area contributed by atoms with Crippen molar-refractivity contribution in [3.8, 4) is 0 Å². The fraction of sp³-hybridized carbons (Fsp3) is 0.667. The normalized spacial score (nSPS) is 19.0. The van der Waals surface area contributed by atoms with Gasteiger partial charge in [0, 0.05) is 48.9 Å². The summed E-state index contributed by atoms with van der Waals surface area (Å²) in [6, 6.07) is 5.77. The van der Waals surface area contributed by atoms with Crippen molar-refractivity contribution in [1.29, 1.82) is 0 Å². The van der Waals surface area contributed by atoms with Gasteiger partial charge in [-0.3, -0.25) is 14.5 Å². The molecule has 0 radical (unpaired) electrons. The Morgan fingerprint density at radius 2 is 1.76 bits per heavy atom. The Morgan fingerprint density at radius 1 is 1.07 bits per heavy atom. The lowest BCUT2D eigenvalue weighted by Gasteiger charge is -2.36. The van der Waals surface area contributed by atoms with Gasteiger partial charge >= 0.3 is 0 Å². The van der Waals surface area contributed by atoms with Gasteiger partial charge in [-0.2, -0.15) is 0 Å². The maximum atomic E-state index is 12.6. The zero-order chi connectivity index (χ0) is 20.8. The first kappa shape index (κ1) is 22.0. The van der Waals surface area contributed by atoms with Crippen molar-refractivity contribution < 1.29 is 9.59 Å². The molecule has 0 atom stereocenters. The van der Waals surface area contributed by atoms with Crippen molar-refractivity contribution in [2.24, 2.45) is 11.8 Å². The number of hydrogen-bond donors (Lipinski definition) is 1. The van der Waals surface area contributed by atoms with Crippen LogP contribution in [0.15, 0.2) is 18.2 Å². The van der Waals surface area contributed by atoms with E-state index < -0.39 is 0 Å². The lowest BCUT2D eigenvalue weighted by Crippen LogP contribution is -2.46. The first-order chi connectivity index (χ1) is 14.0. The van der Waals surface area contributed by atoms with Gasteiger partial charge in [-0.05, 0) is 76.4 Å². The highest BCUT2D eigenvalue weighted by Gasteiger charge is 2.22. The van der Waals surface area contributed by atoms with E-state index in [4.69, 9.17) is 0 Å². The summed E-state index contributed by atoms with van der Waals surface area (Å²) in [5.74, 6) is 0.808. The molecule has 1 aromatic carbocycles. The van der Waals surface area contributed by atoms with Gasteiger partial charge in [0.2, 0.25) is 0 Å². The Morgan fingerprint density at radius 3 is 2.38 bits per heavy atom. The predicted octanol–water partition coefficient (Wildman–Crippen LogP) is 3.63. The van der Waals surface area contributed by atoms with Gasteiger partial charge in [-0.15, -0.1) is 0 Å². The molecule has 0 aliphatic carbocycles. The molecule has 160 valence electrons. The topological polar surface area (TPSA) is 52.7 Å². The molecule has 0 saturated carbocycles. The Labute approximate surface area is 175 Å². The summed E-state index contributed by atoms with van der Waals surface area (Å²) in [6.45, 7) is 13.0. The average Bonchev–Trinajstić information content (AvgIpc) is 2.74. The van der Waals surface area contributed by atoms with E-state index in [-0.39, 0.29) is 17.5 Å². The summed E-state index contributed by atoms with van der Waals surface area (Å²) in [4.78, 5) is 29.5. The van der Waals surface area contributed by atoms with E-state index in [0.29, 0.717) is 11.1 Å². The molecule has 2 aliphatic rings. The lowest BCUT2D eigenvalue weighted by atomic mass is 9.93. The molecule has 0 unspecified atom stereocenters. The highest BCUT2D eigenvalue weighted by Crippen LogP contribution is 2.24. The Hall–Kier alpha value is -1.72. The number of hydrogen-bond acceptors (Lipinski definition) is 5. The smallest absolute Gasteiger partial charge is 0.166 e. The molecule has 0 amide bonds. The van der Waals surface area contributed by atoms with E-state index in [1.807, 2.05) is 32.0 Å². The molecule has 2 fully saturated rings. The van der Waals surface area contributed by atoms with Crippen LogP contribution in [0.5, 0.6) is 0 Å². The number of anilines is 1. The van der Waals surface area contributed by atoms with Crippen LogP contribution in [-0.2, 0) is 0 Å². The summed E-state index contributed by atoms with van der Waals surface area (Å²) in [5, 5.41) is 3.45. The van der Waals surface area contributed by atoms with Gasteiger partial charge in [0.25, 0.3) is 0 Å². The molecule has 1 N–H and O–H groups in total. The molecule has 0 bridgehead atoms. The predicted molar refractivity (Wildman–Crippen MR) is 119 cm³/mol. The third-order valence-electron chi connectivity index (χ3n) is 6.46. The maximum Gasteiger partial charge on any atom is 0.166 e. The number of nitrogens with one attached hydrogen (secondary N) is 1. The van der Waals surface area contributed by atoms with Crippen LogP contribution in [0, 0.1) is 11.8 Å². The maximum absolute atomic E-state index is 12.6. The lowest BCUT2D eigenvalue weighted by molar-refractivity contribution is 0.0927. The van der Waals surface area contributed by atoms with E-state index in [9.17, 15) is 9.59 Å². The zero-order valence-electron chi connectivity index (χ0n) is 18.4. The molecule has 0 spiro atoms. The molecule has 1 aromatic rings. The number of nitrogens with zero attached hydrogens (tertiary/aromatic N) is 2. The highest BCUT2D eigenvalue weighted by atomic mass is 16.1. The fourth-order valence-electron chi connectivity index (χ4n) is 4.55. The van der Waals surface area contributed by atoms with E-state index in [0.717, 1.165) is 37.8 Å². The van der Waals surface area contributed by atoms with Crippen LogP contribution in [0.4, 0.5) is 5.69 Å². The number of piperidine rings is 1. The monoisotopic (exact) mass is 399 g/mol. The molecular weight excluding hydrogens is 362 g/mol. The molecule has 5 heteroatoms. The molecular formula is C24H37N3O2. The van der Waals surface area contributed by atoms with Gasteiger partial charge in [0.05, 0.1) is 0 Å². The Balaban J connectivity index is 1.54. The van der Waals surface area contributed by atoms with Crippen molar-refractivity contribution >= 4 is 17.3 Å². The highest BCUT2D eigenvalue weighted by molar-refractivity contribution is 6.09. The van der Waals surface area contributed by atoms with Crippen LogP contribution in [0.2, 0.25) is 0 Å². The molecule has 2 saturated heterocycles. The van der Waals surface area contributed by atoms with Crippen molar-refractivity contribution in [3.63, 3.8) is 0 Å². The minimum atomic E-state index is -0.111. The van der Waals surface area contributed by atoms with Gasteiger partial charge in [-0.1, -0.05) is 13.8 Å². The van der Waals surface area contributed by atoms with E-state index >= 15 is 0 Å². The number of rotatable bonds is 8. The van der Waals surface area contributed by atoms with E-state index in [1.165, 1.54) is 52.2 Å². The van der Waals surface area contributed by atoms with Crippen LogP contribution in [0.3, 0.4) is 0 Å². The van der Waals surface area contributed by atoms with Gasteiger partial charge < -0.3 is 10.2 Å². The van der Waals surface area contributed by atoms with Crippen molar-refractivity contribution in [2.75, 3.05) is 50.7 Å². The Kier molecular flexibility index (Phi) is 7.84. The number of benzene rings is 1. The zero-order valence-corrected chi connectivity index (χ0v) is 18.4. The van der Waals surface area contributed by atoms with Crippen LogP contribution >= 0.6 is 0 Å². The second-order valence-corrected chi connectivity index (χ2v) is 8.97. The van der Waals surface area contributed by atoms with Crippen LogP contribution in [0.1, 0.15) is 67.2 Å². The van der Waals surface area contributed by atoms with Gasteiger partial charge in [0.1, 0.15) is 0 Å². The van der Waals surface area contributed by atoms with Crippen molar-refractivity contribution in [2.45, 2.75) is 46.5 Å². The molecule has 0 aromatic heterocycles. The number of carbonyl (C=O) groups is 2. The SMILES string of the molecule is CC(=O)c1ccc(N2CCN(CCCC3CCNCC3)CC2)cc1C(=O)C(C)C. The molecule has 2 aliphatic heterocycles. The summed E-state index contributed by atoms with van der Waals surface area (Å²) in [6.07, 6.45) is 5.32. The second kappa shape index (κ2) is 10.4. The average molecular weight is 400 g/mol. The minimum absolute atomic E-state index is 0.0425. The molecule has 2 heterocycles. The van der Waals surface area contributed by atoms with Crippen LogP contribution in [0.25, 0.3) is 0 Å². The minimum Gasteiger partial charge on any atom is -0.369 e. The second-order valence-electron chi connectivity index (χ2n) is 8.97. The first-order valence-corrected chi connectivity index (χ1v) is 11.3. The van der Waals surface area contributed by atoms with Crippen LogP contribution in [-0.4, -0.2) is 62.3 Å². The Bertz CT molecular complexity index is 702. The van der Waals surface area contributed by atoms with Crippen molar-refractivity contribution in [1.82, 2.24) is 10.2 Å². The third-order valence-corrected chi connectivity index (χ3v) is 6.46. The van der Waals surface area contributed by atoms with Crippen molar-refractivity contribution in [3.05, 3.63) is 29.3 Å². The van der Waals surface area contributed by atoms with Crippen LogP contribution < -0.4 is 10.2 Å². The number of piperazine rings is 1.